The number of halogens is 1. The third-order valence-electron chi connectivity index (χ3n) is 1.62. The summed E-state index contributed by atoms with van der Waals surface area (Å²) in [4.78, 5) is 9.86. The lowest BCUT2D eigenvalue weighted by Crippen LogP contribution is -2.13. The monoisotopic (exact) mass is 197 g/mol. The molecule has 0 aromatic heterocycles. The van der Waals surface area contributed by atoms with Crippen LogP contribution in [0, 0.1) is 21.3 Å². The molecule has 0 aliphatic carbocycles. The van der Waals surface area contributed by atoms with Crippen molar-refractivity contribution in [3.05, 3.63) is 39.7 Å². The number of benzene rings is 1. The third-order valence-corrected chi connectivity index (χ3v) is 1.62. The second kappa shape index (κ2) is 3.82. The lowest BCUT2D eigenvalue weighted by molar-refractivity contribution is -0.385. The highest BCUT2D eigenvalue weighted by atomic mass is 19.1. The molecule has 0 saturated heterocycles. The van der Waals surface area contributed by atoms with E-state index in [-0.39, 0.29) is 23.5 Å². The van der Waals surface area contributed by atoms with Gasteiger partial charge >= 0.3 is 0 Å². The molecule has 0 saturated carbocycles. The molecule has 5 nitrogen and oxygen atoms in total. The molecule has 0 heterocycles. The van der Waals surface area contributed by atoms with E-state index in [9.17, 15) is 14.5 Å². The van der Waals surface area contributed by atoms with Crippen LogP contribution >= 0.6 is 0 Å². The van der Waals surface area contributed by atoms with Crippen LogP contribution < -0.4 is 5.73 Å². The van der Waals surface area contributed by atoms with Crippen LogP contribution in [0.3, 0.4) is 0 Å². The summed E-state index contributed by atoms with van der Waals surface area (Å²) < 4.78 is 12.7. The first-order valence-corrected chi connectivity index (χ1v) is 3.76. The van der Waals surface area contributed by atoms with Crippen LogP contribution in [0.2, 0.25) is 0 Å². The Morgan fingerprint density at radius 3 is 2.79 bits per heavy atom. The van der Waals surface area contributed by atoms with Gasteiger partial charge in [-0.3, -0.25) is 15.5 Å². The van der Waals surface area contributed by atoms with Crippen molar-refractivity contribution in [2.75, 3.05) is 0 Å². The maximum Gasteiger partial charge on any atom is 0.273 e. The van der Waals surface area contributed by atoms with Gasteiger partial charge in [0.1, 0.15) is 5.82 Å². The number of nitro groups is 1. The number of nitrogens with one attached hydrogen (secondary N) is 1. The Morgan fingerprint density at radius 2 is 2.29 bits per heavy atom. The number of rotatable bonds is 3. The van der Waals surface area contributed by atoms with Crippen molar-refractivity contribution in [2.24, 2.45) is 5.73 Å². The molecule has 0 fully saturated rings. The molecule has 3 N–H and O–H groups in total. The van der Waals surface area contributed by atoms with Crippen molar-refractivity contribution in [2.45, 2.75) is 6.42 Å². The SMILES string of the molecule is N=C(N)Cc1cc(F)ccc1[N+](=O)[O-]. The standard InChI is InChI=1S/C8H8FN3O2/c9-6-1-2-7(12(13)14)5(3-6)4-8(10)11/h1-3H,4H2,(H3,10,11). The van der Waals surface area contributed by atoms with Gasteiger partial charge in [0.2, 0.25) is 0 Å². The van der Waals surface area contributed by atoms with E-state index in [1.807, 2.05) is 0 Å². The Hall–Kier alpha value is -1.98. The minimum absolute atomic E-state index is 0.113. The Balaban J connectivity index is 3.15. The number of hydrogen-bond donors (Lipinski definition) is 2. The van der Waals surface area contributed by atoms with Gasteiger partial charge in [0.25, 0.3) is 5.69 Å². The predicted octanol–water partition coefficient (Wildman–Crippen LogP) is 1.21. The van der Waals surface area contributed by atoms with Gasteiger partial charge in [0, 0.05) is 18.1 Å². The maximum atomic E-state index is 12.7. The van der Waals surface area contributed by atoms with Gasteiger partial charge in [0.15, 0.2) is 0 Å². The highest BCUT2D eigenvalue weighted by Crippen LogP contribution is 2.19. The predicted molar refractivity (Wildman–Crippen MR) is 48.7 cm³/mol. The zero-order valence-electron chi connectivity index (χ0n) is 7.16. The molecule has 0 unspecified atom stereocenters. The summed E-state index contributed by atoms with van der Waals surface area (Å²) in [5, 5.41) is 17.5. The Labute approximate surface area is 79.0 Å². The fraction of sp³-hybridized carbons (Fsp3) is 0.125. The average Bonchev–Trinajstić information content (AvgIpc) is 2.01. The minimum atomic E-state index is -0.627. The highest BCUT2D eigenvalue weighted by Gasteiger charge is 2.14. The molecule has 1 rings (SSSR count). The summed E-state index contributed by atoms with van der Waals surface area (Å²) in [6.07, 6.45) is -0.117. The summed E-state index contributed by atoms with van der Waals surface area (Å²) in [5.74, 6) is -0.814. The van der Waals surface area contributed by atoms with Crippen molar-refractivity contribution < 1.29 is 9.31 Å². The smallest absolute Gasteiger partial charge is 0.273 e. The molecule has 0 aliphatic rings. The van der Waals surface area contributed by atoms with Gasteiger partial charge in [-0.25, -0.2) is 4.39 Å². The zero-order chi connectivity index (χ0) is 10.7. The molecule has 1 aromatic rings. The van der Waals surface area contributed by atoms with Crippen molar-refractivity contribution in [1.29, 1.82) is 5.41 Å². The molecular formula is C8H8FN3O2. The molecule has 0 bridgehead atoms. The van der Waals surface area contributed by atoms with Gasteiger partial charge in [-0.2, -0.15) is 0 Å². The number of nitrogens with zero attached hydrogens (tertiary/aromatic N) is 1. The molecule has 0 aliphatic heterocycles. The van der Waals surface area contributed by atoms with E-state index < -0.39 is 10.7 Å². The number of nitro benzene ring substituents is 1. The number of nitrogens with two attached hydrogens (primary N) is 1. The Morgan fingerprint density at radius 1 is 1.64 bits per heavy atom. The van der Waals surface area contributed by atoms with Crippen molar-refractivity contribution in [3.63, 3.8) is 0 Å². The van der Waals surface area contributed by atoms with E-state index in [0.717, 1.165) is 18.2 Å². The summed E-state index contributed by atoms with van der Waals surface area (Å²) in [6.45, 7) is 0. The molecule has 1 aromatic carbocycles. The first kappa shape index (κ1) is 10.1. The van der Waals surface area contributed by atoms with E-state index in [2.05, 4.69) is 0 Å². The van der Waals surface area contributed by atoms with Gasteiger partial charge in [-0.1, -0.05) is 0 Å². The average molecular weight is 197 g/mol. The van der Waals surface area contributed by atoms with Crippen LogP contribution in [-0.4, -0.2) is 10.8 Å². The van der Waals surface area contributed by atoms with Crippen molar-refractivity contribution in [3.8, 4) is 0 Å². The zero-order valence-corrected chi connectivity index (χ0v) is 7.16. The summed E-state index contributed by atoms with van der Waals surface area (Å²) >= 11 is 0. The molecule has 14 heavy (non-hydrogen) atoms. The topological polar surface area (TPSA) is 93.0 Å². The van der Waals surface area contributed by atoms with Crippen molar-refractivity contribution >= 4 is 11.5 Å². The largest absolute Gasteiger partial charge is 0.387 e. The lowest BCUT2D eigenvalue weighted by Gasteiger charge is -2.01. The molecule has 0 spiro atoms. The van der Waals surface area contributed by atoms with Crippen LogP contribution in [0.1, 0.15) is 5.56 Å². The summed E-state index contributed by atoms with van der Waals surface area (Å²) in [7, 11) is 0. The highest BCUT2D eigenvalue weighted by molar-refractivity contribution is 5.80. The normalized spacial score (nSPS) is 9.79. The second-order valence-electron chi connectivity index (χ2n) is 2.73. The first-order valence-electron chi connectivity index (χ1n) is 3.76. The molecule has 0 atom stereocenters. The Bertz CT molecular complexity index is 392. The van der Waals surface area contributed by atoms with Crippen molar-refractivity contribution in [1.82, 2.24) is 0 Å². The van der Waals surface area contributed by atoms with E-state index in [4.69, 9.17) is 11.1 Å². The van der Waals surface area contributed by atoms with Gasteiger partial charge in [0.05, 0.1) is 10.8 Å². The number of amidine groups is 1. The molecule has 74 valence electrons. The quantitative estimate of drug-likeness (QED) is 0.330. The third kappa shape index (κ3) is 2.25. The fourth-order valence-electron chi connectivity index (χ4n) is 1.08. The van der Waals surface area contributed by atoms with Crippen LogP contribution in [0.15, 0.2) is 18.2 Å². The first-order chi connectivity index (χ1) is 6.50. The van der Waals surface area contributed by atoms with Crippen LogP contribution in [-0.2, 0) is 6.42 Å². The lowest BCUT2D eigenvalue weighted by atomic mass is 10.1. The van der Waals surface area contributed by atoms with Crippen LogP contribution in [0.5, 0.6) is 0 Å². The maximum absolute atomic E-state index is 12.7. The fourth-order valence-corrected chi connectivity index (χ4v) is 1.08. The molecule has 6 heteroatoms. The van der Waals surface area contributed by atoms with E-state index in [0.29, 0.717) is 0 Å². The molecule has 0 radical (unpaired) electrons. The second-order valence-corrected chi connectivity index (χ2v) is 2.73. The minimum Gasteiger partial charge on any atom is -0.387 e. The molecule has 0 amide bonds. The summed E-state index contributed by atoms with van der Waals surface area (Å²) in [6, 6.07) is 3.08. The van der Waals surface area contributed by atoms with Crippen LogP contribution in [0.4, 0.5) is 10.1 Å². The van der Waals surface area contributed by atoms with Gasteiger partial charge < -0.3 is 5.73 Å². The van der Waals surface area contributed by atoms with E-state index >= 15 is 0 Å². The Kier molecular flexibility index (Phi) is 2.76. The molecular weight excluding hydrogens is 189 g/mol. The van der Waals surface area contributed by atoms with Gasteiger partial charge in [-0.15, -0.1) is 0 Å². The van der Waals surface area contributed by atoms with Gasteiger partial charge in [-0.05, 0) is 12.1 Å². The van der Waals surface area contributed by atoms with E-state index in [1.54, 1.807) is 0 Å². The number of hydrogen-bond acceptors (Lipinski definition) is 3. The summed E-state index contributed by atoms with van der Waals surface area (Å²) in [5.41, 5.74) is 4.97. The van der Waals surface area contributed by atoms with Crippen LogP contribution in [0.25, 0.3) is 0 Å². The van der Waals surface area contributed by atoms with E-state index in [1.165, 1.54) is 0 Å².